The quantitative estimate of drug-likeness (QED) is 0.809. The number of hydrogen-bond acceptors (Lipinski definition) is 4. The molecule has 0 amide bonds. The maximum Gasteiger partial charge on any atom is 0.123 e. The Balaban J connectivity index is 1.84. The molecular weight excluding hydrogens is 302 g/mol. The van der Waals surface area contributed by atoms with Crippen molar-refractivity contribution in [3.8, 4) is 5.75 Å². The van der Waals surface area contributed by atoms with E-state index in [0.29, 0.717) is 44.2 Å². The van der Waals surface area contributed by atoms with Gasteiger partial charge in [0.05, 0.1) is 5.60 Å². The summed E-state index contributed by atoms with van der Waals surface area (Å²) < 4.78 is 10.8. The van der Waals surface area contributed by atoms with E-state index < -0.39 is 5.60 Å². The smallest absolute Gasteiger partial charge is 0.123 e. The van der Waals surface area contributed by atoms with E-state index >= 15 is 0 Å². The van der Waals surface area contributed by atoms with Crippen LogP contribution in [0.2, 0.25) is 0 Å². The first kappa shape index (κ1) is 17.3. The van der Waals surface area contributed by atoms with Crippen molar-refractivity contribution < 1.29 is 14.6 Å². The van der Waals surface area contributed by atoms with Gasteiger partial charge >= 0.3 is 0 Å². The number of rotatable bonds is 7. The zero-order chi connectivity index (χ0) is 16.0. The number of halogens is 1. The molecule has 1 atom stereocenters. The normalized spacial score (nSPS) is 18.7. The monoisotopic (exact) mass is 325 g/mol. The van der Waals surface area contributed by atoms with Gasteiger partial charge in [-0.05, 0) is 24.6 Å². The number of ether oxygens (including phenoxy) is 2. The molecule has 1 aromatic rings. The summed E-state index contributed by atoms with van der Waals surface area (Å²) in [4.78, 5) is 0. The molecular formula is C17H24ClNO3. The second-order valence-corrected chi connectivity index (χ2v) is 6.35. The minimum Gasteiger partial charge on any atom is -0.488 e. The second-order valence-electron chi connectivity index (χ2n) is 5.81. The van der Waals surface area contributed by atoms with E-state index in [0.717, 1.165) is 11.3 Å². The lowest BCUT2D eigenvalue weighted by Gasteiger charge is -2.33. The predicted octanol–water partition coefficient (Wildman–Crippen LogP) is 3.01. The first-order chi connectivity index (χ1) is 10.5. The summed E-state index contributed by atoms with van der Waals surface area (Å²) in [5, 5.41) is 14.3. The van der Waals surface area contributed by atoms with Crippen molar-refractivity contribution in [2.75, 3.05) is 26.4 Å². The summed E-state index contributed by atoms with van der Waals surface area (Å²) in [5.74, 6) is 0.765. The van der Waals surface area contributed by atoms with Crippen LogP contribution in [0.3, 0.4) is 0 Å². The molecule has 22 heavy (non-hydrogen) atoms. The molecule has 4 nitrogen and oxygen atoms in total. The van der Waals surface area contributed by atoms with Crippen molar-refractivity contribution in [2.24, 2.45) is 0 Å². The molecule has 5 heteroatoms. The van der Waals surface area contributed by atoms with Crippen LogP contribution in [0.1, 0.15) is 31.4 Å². The van der Waals surface area contributed by atoms with Crippen molar-refractivity contribution in [1.82, 2.24) is 5.32 Å². The standard InChI is InChI=1S/C17H24ClNO3/c1-13(18)11-22-16-5-3-15(4-6-16)14(2)19-12-17(20)7-9-21-10-8-17/h3-6,14,19-20H,1,7-12H2,2H3. The summed E-state index contributed by atoms with van der Waals surface area (Å²) in [6.07, 6.45) is 1.36. The third-order valence-corrected chi connectivity index (χ3v) is 4.05. The van der Waals surface area contributed by atoms with Crippen LogP contribution in [0.4, 0.5) is 0 Å². The van der Waals surface area contributed by atoms with E-state index in [-0.39, 0.29) is 6.04 Å². The minimum absolute atomic E-state index is 0.156. The van der Waals surface area contributed by atoms with E-state index in [1.165, 1.54) is 0 Å². The van der Waals surface area contributed by atoms with Crippen molar-refractivity contribution in [2.45, 2.75) is 31.4 Å². The molecule has 2 N–H and O–H groups in total. The molecule has 0 aromatic heterocycles. The molecule has 1 aromatic carbocycles. The molecule has 1 aliphatic rings. The Labute approximate surface area is 137 Å². The van der Waals surface area contributed by atoms with Crippen molar-refractivity contribution >= 4 is 11.6 Å². The van der Waals surface area contributed by atoms with E-state index in [4.69, 9.17) is 21.1 Å². The predicted molar refractivity (Wildman–Crippen MR) is 88.4 cm³/mol. The van der Waals surface area contributed by atoms with Crippen LogP contribution in [0, 0.1) is 0 Å². The van der Waals surface area contributed by atoms with Crippen LogP contribution in [0.15, 0.2) is 35.9 Å². The van der Waals surface area contributed by atoms with Crippen LogP contribution in [0.5, 0.6) is 5.75 Å². The summed E-state index contributed by atoms with van der Waals surface area (Å²) in [6.45, 7) is 7.81. The lowest BCUT2D eigenvalue weighted by Crippen LogP contribution is -2.45. The van der Waals surface area contributed by atoms with Crippen molar-refractivity contribution in [1.29, 1.82) is 0 Å². The highest BCUT2D eigenvalue weighted by molar-refractivity contribution is 6.29. The number of benzene rings is 1. The van der Waals surface area contributed by atoms with Gasteiger partial charge in [0, 0.05) is 43.7 Å². The molecule has 1 unspecified atom stereocenters. The fraction of sp³-hybridized carbons (Fsp3) is 0.529. The SMILES string of the molecule is C=C(Cl)COc1ccc(C(C)NCC2(O)CCOCC2)cc1. The van der Waals surface area contributed by atoms with Gasteiger partial charge in [-0.15, -0.1) is 0 Å². The molecule has 1 fully saturated rings. The van der Waals surface area contributed by atoms with Gasteiger partial charge < -0.3 is 19.9 Å². The fourth-order valence-corrected chi connectivity index (χ4v) is 2.46. The molecule has 1 aliphatic heterocycles. The Hall–Kier alpha value is -1.07. The Morgan fingerprint density at radius 2 is 2.05 bits per heavy atom. The van der Waals surface area contributed by atoms with Gasteiger partial charge in [0.15, 0.2) is 0 Å². The highest BCUT2D eigenvalue weighted by atomic mass is 35.5. The van der Waals surface area contributed by atoms with Gasteiger partial charge in [-0.2, -0.15) is 0 Å². The number of nitrogens with one attached hydrogen (secondary N) is 1. The van der Waals surface area contributed by atoms with Gasteiger partial charge in [-0.1, -0.05) is 30.3 Å². The van der Waals surface area contributed by atoms with Crippen LogP contribution < -0.4 is 10.1 Å². The van der Waals surface area contributed by atoms with Crippen LogP contribution in [0.25, 0.3) is 0 Å². The largest absolute Gasteiger partial charge is 0.488 e. The number of hydrogen-bond donors (Lipinski definition) is 2. The Bertz CT molecular complexity index is 483. The van der Waals surface area contributed by atoms with Crippen LogP contribution >= 0.6 is 11.6 Å². The second kappa shape index (κ2) is 7.97. The molecule has 0 radical (unpaired) electrons. The maximum atomic E-state index is 10.4. The zero-order valence-electron chi connectivity index (χ0n) is 13.0. The fourth-order valence-electron chi connectivity index (χ4n) is 2.40. The van der Waals surface area contributed by atoms with Gasteiger partial charge in [0.25, 0.3) is 0 Å². The van der Waals surface area contributed by atoms with Crippen LogP contribution in [-0.2, 0) is 4.74 Å². The van der Waals surface area contributed by atoms with E-state index in [1.807, 2.05) is 24.3 Å². The van der Waals surface area contributed by atoms with Crippen molar-refractivity contribution in [3.05, 3.63) is 41.4 Å². The summed E-state index contributed by atoms with van der Waals surface area (Å²) in [7, 11) is 0. The summed E-state index contributed by atoms with van der Waals surface area (Å²) in [5.41, 5.74) is 0.490. The maximum absolute atomic E-state index is 10.4. The first-order valence-electron chi connectivity index (χ1n) is 7.58. The Kier molecular flexibility index (Phi) is 6.26. The van der Waals surface area contributed by atoms with Gasteiger partial charge in [0.1, 0.15) is 12.4 Å². The molecule has 2 rings (SSSR count). The molecule has 1 heterocycles. The van der Waals surface area contributed by atoms with E-state index in [1.54, 1.807) is 0 Å². The molecule has 0 aliphatic carbocycles. The van der Waals surface area contributed by atoms with E-state index in [9.17, 15) is 5.11 Å². The average Bonchev–Trinajstić information content (AvgIpc) is 2.52. The zero-order valence-corrected chi connectivity index (χ0v) is 13.7. The molecule has 1 saturated heterocycles. The van der Waals surface area contributed by atoms with Crippen molar-refractivity contribution in [3.63, 3.8) is 0 Å². The minimum atomic E-state index is -0.656. The van der Waals surface area contributed by atoms with Gasteiger partial charge in [-0.3, -0.25) is 0 Å². The van der Waals surface area contributed by atoms with E-state index in [2.05, 4.69) is 18.8 Å². The molecule has 0 bridgehead atoms. The highest BCUT2D eigenvalue weighted by Crippen LogP contribution is 2.22. The lowest BCUT2D eigenvalue weighted by atomic mass is 9.94. The topological polar surface area (TPSA) is 50.7 Å². The summed E-state index contributed by atoms with van der Waals surface area (Å²) in [6, 6.07) is 8.01. The Morgan fingerprint density at radius 1 is 1.41 bits per heavy atom. The molecule has 122 valence electrons. The third kappa shape index (κ3) is 5.29. The third-order valence-electron chi connectivity index (χ3n) is 3.94. The molecule has 0 saturated carbocycles. The first-order valence-corrected chi connectivity index (χ1v) is 7.96. The average molecular weight is 326 g/mol. The highest BCUT2D eigenvalue weighted by Gasteiger charge is 2.29. The summed E-state index contributed by atoms with van der Waals surface area (Å²) >= 11 is 5.68. The Morgan fingerprint density at radius 3 is 2.64 bits per heavy atom. The molecule has 0 spiro atoms. The van der Waals surface area contributed by atoms with Crippen LogP contribution in [-0.4, -0.2) is 37.1 Å². The number of aliphatic hydroxyl groups is 1. The lowest BCUT2D eigenvalue weighted by molar-refractivity contribution is -0.0626. The van der Waals surface area contributed by atoms with Gasteiger partial charge in [0.2, 0.25) is 0 Å². The van der Waals surface area contributed by atoms with Gasteiger partial charge in [-0.25, -0.2) is 0 Å².